The lowest BCUT2D eigenvalue weighted by Crippen LogP contribution is -2.40. The molecule has 0 fully saturated rings. The van der Waals surface area contributed by atoms with Crippen molar-refractivity contribution in [2.75, 3.05) is 13.6 Å². The Labute approximate surface area is 101 Å². The van der Waals surface area contributed by atoms with Gasteiger partial charge < -0.3 is 10.8 Å². The number of aliphatic carboxylic acids is 1. The SMILES string of the molecule is CN(Cc1csc(Br)c1)CC(N)C(=O)O. The van der Waals surface area contributed by atoms with Crippen molar-refractivity contribution in [3.8, 4) is 0 Å². The van der Waals surface area contributed by atoms with Crippen molar-refractivity contribution in [3.05, 3.63) is 20.8 Å². The Kier molecular flexibility index (Phi) is 4.72. The topological polar surface area (TPSA) is 66.6 Å². The summed E-state index contributed by atoms with van der Waals surface area (Å²) in [4.78, 5) is 12.4. The summed E-state index contributed by atoms with van der Waals surface area (Å²) in [6.07, 6.45) is 0. The summed E-state index contributed by atoms with van der Waals surface area (Å²) in [6, 6.07) is 1.20. The first-order valence-electron chi connectivity index (χ1n) is 4.39. The van der Waals surface area contributed by atoms with Crippen LogP contribution in [-0.4, -0.2) is 35.6 Å². The zero-order chi connectivity index (χ0) is 11.4. The number of rotatable bonds is 5. The maximum absolute atomic E-state index is 10.5. The van der Waals surface area contributed by atoms with Crippen LogP contribution in [0.15, 0.2) is 15.2 Å². The molecule has 15 heavy (non-hydrogen) atoms. The molecule has 4 nitrogen and oxygen atoms in total. The molecule has 0 spiro atoms. The Morgan fingerprint density at radius 2 is 2.47 bits per heavy atom. The van der Waals surface area contributed by atoms with Gasteiger partial charge in [-0.25, -0.2) is 0 Å². The summed E-state index contributed by atoms with van der Waals surface area (Å²) < 4.78 is 1.08. The van der Waals surface area contributed by atoms with Gasteiger partial charge in [-0.05, 0) is 40.0 Å². The van der Waals surface area contributed by atoms with E-state index in [2.05, 4.69) is 15.9 Å². The van der Waals surface area contributed by atoms with Crippen molar-refractivity contribution in [1.29, 1.82) is 0 Å². The third-order valence-electron chi connectivity index (χ3n) is 1.90. The van der Waals surface area contributed by atoms with Crippen LogP contribution in [0.3, 0.4) is 0 Å². The molecule has 1 aromatic rings. The van der Waals surface area contributed by atoms with E-state index in [4.69, 9.17) is 10.8 Å². The van der Waals surface area contributed by atoms with E-state index in [1.54, 1.807) is 11.3 Å². The molecule has 0 aliphatic rings. The van der Waals surface area contributed by atoms with Gasteiger partial charge in [0.2, 0.25) is 0 Å². The minimum Gasteiger partial charge on any atom is -0.480 e. The van der Waals surface area contributed by atoms with Gasteiger partial charge >= 0.3 is 5.97 Å². The van der Waals surface area contributed by atoms with Crippen molar-refractivity contribution in [1.82, 2.24) is 4.90 Å². The van der Waals surface area contributed by atoms with E-state index >= 15 is 0 Å². The van der Waals surface area contributed by atoms with Crippen LogP contribution in [-0.2, 0) is 11.3 Å². The lowest BCUT2D eigenvalue weighted by molar-refractivity contribution is -0.138. The monoisotopic (exact) mass is 292 g/mol. The van der Waals surface area contributed by atoms with Crippen molar-refractivity contribution < 1.29 is 9.90 Å². The zero-order valence-electron chi connectivity index (χ0n) is 8.31. The van der Waals surface area contributed by atoms with Gasteiger partial charge in [0.05, 0.1) is 3.79 Å². The van der Waals surface area contributed by atoms with E-state index < -0.39 is 12.0 Å². The average molecular weight is 293 g/mol. The van der Waals surface area contributed by atoms with Crippen LogP contribution in [0, 0.1) is 0 Å². The van der Waals surface area contributed by atoms with Crippen LogP contribution in [0.1, 0.15) is 5.56 Å². The Balaban J connectivity index is 2.42. The summed E-state index contributed by atoms with van der Waals surface area (Å²) in [5.74, 6) is -0.964. The number of halogens is 1. The smallest absolute Gasteiger partial charge is 0.321 e. The summed E-state index contributed by atoms with van der Waals surface area (Å²) >= 11 is 4.99. The number of likely N-dealkylation sites (N-methyl/N-ethyl adjacent to an activating group) is 1. The zero-order valence-corrected chi connectivity index (χ0v) is 10.7. The molecule has 0 saturated carbocycles. The van der Waals surface area contributed by atoms with E-state index in [0.717, 1.165) is 9.35 Å². The molecule has 3 N–H and O–H groups in total. The van der Waals surface area contributed by atoms with Gasteiger partial charge in [0.1, 0.15) is 6.04 Å². The minimum absolute atomic E-state index is 0.350. The molecule has 0 aliphatic heterocycles. The number of carboxylic acid groups (broad SMARTS) is 1. The summed E-state index contributed by atoms with van der Waals surface area (Å²) in [6.45, 7) is 1.06. The molecular weight excluding hydrogens is 280 g/mol. The van der Waals surface area contributed by atoms with Crippen LogP contribution in [0.5, 0.6) is 0 Å². The summed E-state index contributed by atoms with van der Waals surface area (Å²) in [7, 11) is 1.86. The summed E-state index contributed by atoms with van der Waals surface area (Å²) in [5, 5.41) is 10.7. The predicted molar refractivity (Wildman–Crippen MR) is 64.0 cm³/mol. The van der Waals surface area contributed by atoms with Gasteiger partial charge in [-0.1, -0.05) is 0 Å². The third kappa shape index (κ3) is 4.29. The molecule has 0 radical (unpaired) electrons. The van der Waals surface area contributed by atoms with E-state index in [-0.39, 0.29) is 0 Å². The first-order chi connectivity index (χ1) is 6.99. The Bertz CT molecular complexity index is 343. The number of hydrogen-bond donors (Lipinski definition) is 2. The van der Waals surface area contributed by atoms with Gasteiger partial charge in [-0.2, -0.15) is 0 Å². The van der Waals surface area contributed by atoms with Crippen molar-refractivity contribution in [2.24, 2.45) is 5.73 Å². The number of thiophene rings is 1. The van der Waals surface area contributed by atoms with Crippen LogP contribution >= 0.6 is 27.3 Å². The second-order valence-corrected chi connectivity index (χ2v) is 5.69. The summed E-state index contributed by atoms with van der Waals surface area (Å²) in [5.41, 5.74) is 6.59. The molecule has 6 heteroatoms. The maximum Gasteiger partial charge on any atom is 0.321 e. The largest absolute Gasteiger partial charge is 0.480 e. The highest BCUT2D eigenvalue weighted by Gasteiger charge is 2.14. The fraction of sp³-hybridized carbons (Fsp3) is 0.444. The van der Waals surface area contributed by atoms with Crippen molar-refractivity contribution in [3.63, 3.8) is 0 Å². The molecule has 0 saturated heterocycles. The van der Waals surface area contributed by atoms with Gasteiger partial charge in [0, 0.05) is 13.1 Å². The molecule has 1 rings (SSSR count). The molecular formula is C9H13BrN2O2S. The molecule has 0 amide bonds. The molecule has 84 valence electrons. The van der Waals surface area contributed by atoms with Crippen LogP contribution < -0.4 is 5.73 Å². The second kappa shape index (κ2) is 5.60. The first kappa shape index (κ1) is 12.6. The van der Waals surface area contributed by atoms with Crippen LogP contribution in [0.4, 0.5) is 0 Å². The van der Waals surface area contributed by atoms with Gasteiger partial charge in [0.25, 0.3) is 0 Å². The van der Waals surface area contributed by atoms with Gasteiger partial charge in [-0.3, -0.25) is 9.69 Å². The van der Waals surface area contributed by atoms with E-state index in [1.807, 2.05) is 23.4 Å². The number of nitrogens with two attached hydrogens (primary N) is 1. The van der Waals surface area contributed by atoms with E-state index in [9.17, 15) is 4.79 Å². The number of hydrogen-bond acceptors (Lipinski definition) is 4. The number of nitrogens with zero attached hydrogens (tertiary/aromatic N) is 1. The first-order valence-corrected chi connectivity index (χ1v) is 6.06. The fourth-order valence-electron chi connectivity index (χ4n) is 1.22. The quantitative estimate of drug-likeness (QED) is 0.860. The number of carboxylic acids is 1. The van der Waals surface area contributed by atoms with Gasteiger partial charge in [-0.15, -0.1) is 11.3 Å². The minimum atomic E-state index is -0.964. The standard InChI is InChI=1S/C9H13BrN2O2S/c1-12(4-7(11)9(13)14)3-6-2-8(10)15-5-6/h2,5,7H,3-4,11H2,1H3,(H,13,14). The molecule has 0 aliphatic carbocycles. The fourth-order valence-corrected chi connectivity index (χ4v) is 2.42. The Morgan fingerprint density at radius 1 is 1.80 bits per heavy atom. The van der Waals surface area contributed by atoms with Crippen LogP contribution in [0.25, 0.3) is 0 Å². The number of carbonyl (C=O) groups is 1. The highest BCUT2D eigenvalue weighted by molar-refractivity contribution is 9.11. The highest BCUT2D eigenvalue weighted by atomic mass is 79.9. The highest BCUT2D eigenvalue weighted by Crippen LogP contribution is 2.21. The van der Waals surface area contributed by atoms with E-state index in [0.29, 0.717) is 13.1 Å². The average Bonchev–Trinajstić information content (AvgIpc) is 2.50. The van der Waals surface area contributed by atoms with Crippen LogP contribution in [0.2, 0.25) is 0 Å². The third-order valence-corrected chi connectivity index (χ3v) is 3.45. The molecule has 0 bridgehead atoms. The second-order valence-electron chi connectivity index (χ2n) is 3.40. The Hall–Kier alpha value is -0.430. The lowest BCUT2D eigenvalue weighted by Gasteiger charge is -2.17. The molecule has 1 aromatic heterocycles. The van der Waals surface area contributed by atoms with Crippen molar-refractivity contribution >= 4 is 33.2 Å². The Morgan fingerprint density at radius 3 is 2.93 bits per heavy atom. The van der Waals surface area contributed by atoms with E-state index in [1.165, 1.54) is 0 Å². The molecule has 1 heterocycles. The predicted octanol–water partition coefficient (Wildman–Crippen LogP) is 1.35. The van der Waals surface area contributed by atoms with Gasteiger partial charge in [0.15, 0.2) is 0 Å². The van der Waals surface area contributed by atoms with Crippen molar-refractivity contribution in [2.45, 2.75) is 12.6 Å². The molecule has 1 unspecified atom stereocenters. The molecule has 1 atom stereocenters. The lowest BCUT2D eigenvalue weighted by atomic mass is 10.2. The maximum atomic E-state index is 10.5. The molecule has 0 aromatic carbocycles. The normalized spacial score (nSPS) is 13.1.